The zero-order valence-corrected chi connectivity index (χ0v) is 12.5. The van der Waals surface area contributed by atoms with Crippen molar-refractivity contribution in [3.05, 3.63) is 34.9 Å². The van der Waals surface area contributed by atoms with Gasteiger partial charge in [0.15, 0.2) is 0 Å². The second-order valence-corrected chi connectivity index (χ2v) is 5.27. The van der Waals surface area contributed by atoms with Gasteiger partial charge in [0.2, 0.25) is 0 Å². The van der Waals surface area contributed by atoms with Crippen molar-refractivity contribution >= 4 is 11.6 Å². The van der Waals surface area contributed by atoms with Gasteiger partial charge >= 0.3 is 23.9 Å². The molecule has 0 fully saturated rings. The average molecular weight is 389 g/mol. The van der Waals surface area contributed by atoms with Crippen LogP contribution >= 0.6 is 11.6 Å². The number of hydrogen-bond acceptors (Lipinski definition) is 1. The highest BCUT2D eigenvalue weighted by atomic mass is 35.5. The summed E-state index contributed by atoms with van der Waals surface area (Å²) in [6.45, 7) is 0. The van der Waals surface area contributed by atoms with Crippen LogP contribution in [0, 0.1) is 0 Å². The first-order chi connectivity index (χ1) is 10.7. The molecule has 0 spiro atoms. The molecule has 1 aromatic rings. The van der Waals surface area contributed by atoms with E-state index in [-0.39, 0.29) is 10.6 Å². The molecule has 0 aliphatic rings. The molecule has 1 rings (SSSR count). The van der Waals surface area contributed by atoms with Gasteiger partial charge in [-0.05, 0) is 17.7 Å². The van der Waals surface area contributed by atoms with Gasteiger partial charge < -0.3 is 4.74 Å². The number of methoxy groups -OCH3 is 1. The lowest BCUT2D eigenvalue weighted by molar-refractivity contribution is -0.398. The SMILES string of the molecule is COC(CC(F)(F)C(F)(F)C(F)(F)C(F)(F)F)c1cccc(Cl)c1. The number of rotatable bonds is 6. The molecule has 0 aromatic heterocycles. The van der Waals surface area contributed by atoms with Crippen LogP contribution in [-0.4, -0.2) is 31.1 Å². The lowest BCUT2D eigenvalue weighted by Crippen LogP contribution is -2.61. The van der Waals surface area contributed by atoms with E-state index in [4.69, 9.17) is 11.6 Å². The maximum atomic E-state index is 13.6. The normalized spacial score (nSPS) is 15.5. The second kappa shape index (κ2) is 6.62. The van der Waals surface area contributed by atoms with Gasteiger partial charge in [0.05, 0.1) is 6.10 Å². The number of benzene rings is 1. The third-order valence-electron chi connectivity index (χ3n) is 3.16. The number of alkyl halides is 9. The highest BCUT2D eigenvalue weighted by Crippen LogP contribution is 2.55. The molecular formula is C13H10ClF9O. The molecule has 0 amide bonds. The summed E-state index contributed by atoms with van der Waals surface area (Å²) < 4.78 is 120. The predicted molar refractivity (Wildman–Crippen MR) is 66.7 cm³/mol. The van der Waals surface area contributed by atoms with Gasteiger partial charge in [0.1, 0.15) is 0 Å². The molecule has 11 heteroatoms. The fourth-order valence-electron chi connectivity index (χ4n) is 1.81. The average Bonchev–Trinajstić information content (AvgIpc) is 2.43. The van der Waals surface area contributed by atoms with Crippen LogP contribution in [0.3, 0.4) is 0 Å². The highest BCUT2D eigenvalue weighted by molar-refractivity contribution is 6.30. The van der Waals surface area contributed by atoms with Crippen LogP contribution in [0.1, 0.15) is 18.1 Å². The quantitative estimate of drug-likeness (QED) is 0.552. The van der Waals surface area contributed by atoms with Gasteiger partial charge in [-0.1, -0.05) is 23.7 Å². The maximum Gasteiger partial charge on any atom is 0.460 e. The van der Waals surface area contributed by atoms with Gasteiger partial charge in [-0.2, -0.15) is 39.5 Å². The van der Waals surface area contributed by atoms with Crippen LogP contribution < -0.4 is 0 Å². The number of ether oxygens (including phenoxy) is 1. The predicted octanol–water partition coefficient (Wildman–Crippen LogP) is 5.89. The van der Waals surface area contributed by atoms with Crippen molar-refractivity contribution in [3.8, 4) is 0 Å². The van der Waals surface area contributed by atoms with Crippen LogP contribution in [0.2, 0.25) is 5.02 Å². The molecule has 138 valence electrons. The first-order valence-corrected chi connectivity index (χ1v) is 6.53. The fourth-order valence-corrected chi connectivity index (χ4v) is 2.01. The van der Waals surface area contributed by atoms with E-state index in [0.717, 1.165) is 19.2 Å². The minimum Gasteiger partial charge on any atom is -0.377 e. The minimum atomic E-state index is -6.92. The Bertz CT molecular complexity index is 571. The molecule has 24 heavy (non-hydrogen) atoms. The molecule has 0 radical (unpaired) electrons. The smallest absolute Gasteiger partial charge is 0.377 e. The van der Waals surface area contributed by atoms with E-state index in [1.54, 1.807) is 0 Å². The van der Waals surface area contributed by atoms with Crippen molar-refractivity contribution in [2.75, 3.05) is 7.11 Å². The first kappa shape index (κ1) is 20.9. The Kier molecular flexibility index (Phi) is 5.76. The lowest BCUT2D eigenvalue weighted by Gasteiger charge is -2.35. The lowest BCUT2D eigenvalue weighted by atomic mass is 9.95. The van der Waals surface area contributed by atoms with Gasteiger partial charge in [-0.3, -0.25) is 0 Å². The molecule has 0 N–H and O–H groups in total. The minimum absolute atomic E-state index is 0.00486. The molecule has 0 saturated heterocycles. The van der Waals surface area contributed by atoms with Crippen LogP contribution in [0.15, 0.2) is 24.3 Å². The van der Waals surface area contributed by atoms with E-state index in [0.29, 0.717) is 0 Å². The van der Waals surface area contributed by atoms with Crippen molar-refractivity contribution in [1.82, 2.24) is 0 Å². The molecule has 1 nitrogen and oxygen atoms in total. The van der Waals surface area contributed by atoms with Gasteiger partial charge in [-0.25, -0.2) is 0 Å². The summed E-state index contributed by atoms with van der Waals surface area (Å²) in [7, 11) is 0.807. The summed E-state index contributed by atoms with van der Waals surface area (Å²) in [4.78, 5) is 0. The summed E-state index contributed by atoms with van der Waals surface area (Å²) in [6, 6.07) is 4.70. The third kappa shape index (κ3) is 3.74. The topological polar surface area (TPSA) is 9.23 Å². The molecule has 0 heterocycles. The highest BCUT2D eigenvalue weighted by Gasteiger charge is 2.81. The van der Waals surface area contributed by atoms with E-state index in [9.17, 15) is 39.5 Å². The van der Waals surface area contributed by atoms with Crippen molar-refractivity contribution in [3.63, 3.8) is 0 Å². The molecule has 0 saturated carbocycles. The molecule has 1 aromatic carbocycles. The molecule has 0 aliphatic carbocycles. The van der Waals surface area contributed by atoms with E-state index in [1.807, 2.05) is 0 Å². The van der Waals surface area contributed by atoms with E-state index < -0.39 is 36.5 Å². The van der Waals surface area contributed by atoms with Crippen molar-refractivity contribution in [2.24, 2.45) is 0 Å². The zero-order chi connectivity index (χ0) is 19.0. The van der Waals surface area contributed by atoms with Crippen LogP contribution in [0.25, 0.3) is 0 Å². The molecule has 0 bridgehead atoms. The summed E-state index contributed by atoms with van der Waals surface area (Å²) in [6.07, 6.45) is -10.8. The van der Waals surface area contributed by atoms with Crippen LogP contribution in [0.4, 0.5) is 39.5 Å². The summed E-state index contributed by atoms with van der Waals surface area (Å²) in [5, 5.41) is 0.00486. The first-order valence-electron chi connectivity index (χ1n) is 6.16. The van der Waals surface area contributed by atoms with Crippen LogP contribution in [0.5, 0.6) is 0 Å². The van der Waals surface area contributed by atoms with Crippen molar-refractivity contribution in [1.29, 1.82) is 0 Å². The second-order valence-electron chi connectivity index (χ2n) is 4.83. The Morgan fingerprint density at radius 1 is 0.958 bits per heavy atom. The Balaban J connectivity index is 3.18. The van der Waals surface area contributed by atoms with E-state index in [1.165, 1.54) is 12.1 Å². The van der Waals surface area contributed by atoms with Gasteiger partial charge in [0, 0.05) is 18.6 Å². The molecule has 0 aliphatic heterocycles. The fraction of sp³-hybridized carbons (Fsp3) is 0.538. The summed E-state index contributed by atoms with van der Waals surface area (Å²) in [5.74, 6) is -19.3. The largest absolute Gasteiger partial charge is 0.460 e. The Morgan fingerprint density at radius 3 is 1.92 bits per heavy atom. The Labute approximate surface area is 135 Å². The molecular weight excluding hydrogens is 379 g/mol. The zero-order valence-electron chi connectivity index (χ0n) is 11.8. The summed E-state index contributed by atoms with van der Waals surface area (Å²) >= 11 is 5.58. The van der Waals surface area contributed by atoms with Crippen molar-refractivity contribution in [2.45, 2.75) is 36.5 Å². The maximum absolute atomic E-state index is 13.6. The summed E-state index contributed by atoms with van der Waals surface area (Å²) in [5.41, 5.74) is -0.184. The van der Waals surface area contributed by atoms with E-state index in [2.05, 4.69) is 4.74 Å². The Morgan fingerprint density at radius 2 is 1.50 bits per heavy atom. The van der Waals surface area contributed by atoms with E-state index >= 15 is 0 Å². The van der Waals surface area contributed by atoms with Crippen LogP contribution in [-0.2, 0) is 4.74 Å². The van der Waals surface area contributed by atoms with Gasteiger partial charge in [0.25, 0.3) is 0 Å². The standard InChI is InChI=1S/C13H10ClF9O/c1-24-9(7-3-2-4-8(14)5-7)6-10(15,16)11(17,18)12(19,20)13(21,22)23/h2-5,9H,6H2,1H3. The Hall–Kier alpha value is -1.16. The van der Waals surface area contributed by atoms with Crippen molar-refractivity contribution < 1.29 is 44.3 Å². The monoisotopic (exact) mass is 388 g/mol. The molecule has 1 atom stereocenters. The van der Waals surface area contributed by atoms with Gasteiger partial charge in [-0.15, -0.1) is 0 Å². The number of hydrogen-bond donors (Lipinski definition) is 0. The third-order valence-corrected chi connectivity index (χ3v) is 3.39. The number of halogens is 10. The molecule has 1 unspecified atom stereocenters.